The van der Waals surface area contributed by atoms with Crippen LogP contribution in [0.15, 0.2) is 54.6 Å². The third-order valence-corrected chi connectivity index (χ3v) is 4.68. The molecule has 0 heterocycles. The van der Waals surface area contributed by atoms with Gasteiger partial charge in [-0.05, 0) is 36.1 Å². The van der Waals surface area contributed by atoms with Crippen molar-refractivity contribution in [2.75, 3.05) is 11.1 Å². The van der Waals surface area contributed by atoms with E-state index in [0.29, 0.717) is 12.2 Å². The van der Waals surface area contributed by atoms with E-state index in [9.17, 15) is 9.59 Å². The predicted octanol–water partition coefficient (Wildman–Crippen LogP) is 4.36. The highest BCUT2D eigenvalue weighted by Crippen LogP contribution is 2.17. The average Bonchev–Trinajstić information content (AvgIpc) is 2.60. The van der Waals surface area contributed by atoms with E-state index in [1.807, 2.05) is 42.5 Å². The van der Waals surface area contributed by atoms with Crippen LogP contribution in [0.1, 0.15) is 30.4 Å². The van der Waals surface area contributed by atoms with Crippen molar-refractivity contribution in [1.29, 1.82) is 0 Å². The zero-order valence-corrected chi connectivity index (χ0v) is 14.9. The second-order valence-electron chi connectivity index (χ2n) is 5.78. The SMILES string of the molecule is O=C(O)CCSCc1cccc(NC(=O)CCCc2ccccc2)c1. The third-order valence-electron chi connectivity index (χ3n) is 3.65. The molecule has 0 unspecified atom stereocenters. The molecular formula is C20H23NO3S. The van der Waals surface area contributed by atoms with Crippen LogP contribution in [0.2, 0.25) is 0 Å². The van der Waals surface area contributed by atoms with Gasteiger partial charge in [-0.2, -0.15) is 11.8 Å². The van der Waals surface area contributed by atoms with E-state index >= 15 is 0 Å². The highest BCUT2D eigenvalue weighted by Gasteiger charge is 2.04. The average molecular weight is 357 g/mol. The highest BCUT2D eigenvalue weighted by molar-refractivity contribution is 7.98. The monoisotopic (exact) mass is 357 g/mol. The van der Waals surface area contributed by atoms with Gasteiger partial charge in [0.2, 0.25) is 5.91 Å². The molecule has 2 rings (SSSR count). The molecule has 2 aromatic carbocycles. The number of anilines is 1. The molecule has 0 atom stereocenters. The number of nitrogens with one attached hydrogen (secondary N) is 1. The number of carboxylic acid groups (broad SMARTS) is 1. The molecule has 2 N–H and O–H groups in total. The molecule has 0 aliphatic carbocycles. The second kappa shape index (κ2) is 10.6. The third kappa shape index (κ3) is 7.90. The summed E-state index contributed by atoms with van der Waals surface area (Å²) in [5, 5.41) is 11.6. The second-order valence-corrected chi connectivity index (χ2v) is 6.89. The summed E-state index contributed by atoms with van der Waals surface area (Å²) in [5.74, 6) is 0.576. The lowest BCUT2D eigenvalue weighted by Crippen LogP contribution is -2.11. The number of carboxylic acids is 1. The molecule has 0 bridgehead atoms. The van der Waals surface area contributed by atoms with Crippen LogP contribution >= 0.6 is 11.8 Å². The normalized spacial score (nSPS) is 10.4. The minimum atomic E-state index is -0.774. The zero-order chi connectivity index (χ0) is 17.9. The topological polar surface area (TPSA) is 66.4 Å². The van der Waals surface area contributed by atoms with Gasteiger partial charge in [0.05, 0.1) is 6.42 Å². The van der Waals surface area contributed by atoms with E-state index in [4.69, 9.17) is 5.11 Å². The van der Waals surface area contributed by atoms with Crippen molar-refractivity contribution < 1.29 is 14.7 Å². The van der Waals surface area contributed by atoms with E-state index in [1.165, 1.54) is 5.56 Å². The molecule has 0 aliphatic heterocycles. The number of amides is 1. The van der Waals surface area contributed by atoms with Gasteiger partial charge in [-0.3, -0.25) is 9.59 Å². The Kier molecular flexibility index (Phi) is 8.05. The van der Waals surface area contributed by atoms with Crippen molar-refractivity contribution in [3.05, 3.63) is 65.7 Å². The first kappa shape index (κ1) is 19.1. The van der Waals surface area contributed by atoms with Gasteiger partial charge < -0.3 is 10.4 Å². The van der Waals surface area contributed by atoms with E-state index in [1.54, 1.807) is 11.8 Å². The van der Waals surface area contributed by atoms with Crippen molar-refractivity contribution in [1.82, 2.24) is 0 Å². The largest absolute Gasteiger partial charge is 0.481 e. The fourth-order valence-electron chi connectivity index (χ4n) is 2.41. The molecular weight excluding hydrogens is 334 g/mol. The first-order valence-corrected chi connectivity index (χ1v) is 9.51. The van der Waals surface area contributed by atoms with Crippen LogP contribution in [0.3, 0.4) is 0 Å². The molecule has 1 amide bonds. The molecule has 0 saturated carbocycles. The van der Waals surface area contributed by atoms with E-state index in [2.05, 4.69) is 17.4 Å². The Bertz CT molecular complexity index is 688. The number of carbonyl (C=O) groups excluding carboxylic acids is 1. The lowest BCUT2D eigenvalue weighted by Gasteiger charge is -2.08. The van der Waals surface area contributed by atoms with Gasteiger partial charge in [-0.1, -0.05) is 42.5 Å². The summed E-state index contributed by atoms with van der Waals surface area (Å²) in [6, 6.07) is 17.9. The highest BCUT2D eigenvalue weighted by atomic mass is 32.2. The van der Waals surface area contributed by atoms with Crippen LogP contribution in [-0.2, 0) is 21.8 Å². The van der Waals surface area contributed by atoms with E-state index in [-0.39, 0.29) is 12.3 Å². The van der Waals surface area contributed by atoms with Crippen molar-refractivity contribution in [2.24, 2.45) is 0 Å². The fourth-order valence-corrected chi connectivity index (χ4v) is 3.29. The minimum Gasteiger partial charge on any atom is -0.481 e. The molecule has 2 aromatic rings. The molecule has 0 radical (unpaired) electrons. The smallest absolute Gasteiger partial charge is 0.304 e. The summed E-state index contributed by atoms with van der Waals surface area (Å²) in [6.07, 6.45) is 2.38. The summed E-state index contributed by atoms with van der Waals surface area (Å²) >= 11 is 1.58. The molecule has 0 aromatic heterocycles. The summed E-state index contributed by atoms with van der Waals surface area (Å²) in [7, 11) is 0. The van der Waals surface area contributed by atoms with Gasteiger partial charge in [-0.15, -0.1) is 0 Å². The maximum absolute atomic E-state index is 12.1. The van der Waals surface area contributed by atoms with Crippen molar-refractivity contribution in [3.8, 4) is 0 Å². The number of hydrogen-bond donors (Lipinski definition) is 2. The lowest BCUT2D eigenvalue weighted by molar-refractivity contribution is -0.136. The summed E-state index contributed by atoms with van der Waals surface area (Å²) in [5.41, 5.74) is 3.12. The predicted molar refractivity (Wildman–Crippen MR) is 103 cm³/mol. The Morgan fingerprint density at radius 1 is 0.960 bits per heavy atom. The van der Waals surface area contributed by atoms with Gasteiger partial charge in [0, 0.05) is 23.6 Å². The molecule has 0 spiro atoms. The number of aliphatic carboxylic acids is 1. The molecule has 0 fully saturated rings. The number of aryl methyl sites for hydroxylation is 1. The van der Waals surface area contributed by atoms with Gasteiger partial charge >= 0.3 is 5.97 Å². The van der Waals surface area contributed by atoms with Gasteiger partial charge in [-0.25, -0.2) is 0 Å². The molecule has 25 heavy (non-hydrogen) atoms. The van der Waals surface area contributed by atoms with Crippen LogP contribution in [0.25, 0.3) is 0 Å². The lowest BCUT2D eigenvalue weighted by atomic mass is 10.1. The molecule has 5 heteroatoms. The summed E-state index contributed by atoms with van der Waals surface area (Å²) in [4.78, 5) is 22.6. The number of carbonyl (C=O) groups is 2. The van der Waals surface area contributed by atoms with Crippen LogP contribution < -0.4 is 5.32 Å². The maximum atomic E-state index is 12.1. The van der Waals surface area contributed by atoms with Crippen LogP contribution in [0.4, 0.5) is 5.69 Å². The van der Waals surface area contributed by atoms with Crippen molar-refractivity contribution in [2.45, 2.75) is 31.4 Å². The Labute approximate surface area is 152 Å². The van der Waals surface area contributed by atoms with E-state index in [0.717, 1.165) is 29.8 Å². The number of rotatable bonds is 10. The van der Waals surface area contributed by atoms with E-state index < -0.39 is 5.97 Å². The van der Waals surface area contributed by atoms with Crippen LogP contribution in [0.5, 0.6) is 0 Å². The summed E-state index contributed by atoms with van der Waals surface area (Å²) < 4.78 is 0. The molecule has 4 nitrogen and oxygen atoms in total. The Hall–Kier alpha value is -2.27. The Balaban J connectivity index is 1.72. The Morgan fingerprint density at radius 3 is 2.48 bits per heavy atom. The van der Waals surface area contributed by atoms with Crippen molar-refractivity contribution >= 4 is 29.3 Å². The zero-order valence-electron chi connectivity index (χ0n) is 14.1. The van der Waals surface area contributed by atoms with Gasteiger partial charge in [0.15, 0.2) is 0 Å². The number of hydrogen-bond acceptors (Lipinski definition) is 3. The first-order chi connectivity index (χ1) is 12.1. The maximum Gasteiger partial charge on any atom is 0.304 e. The van der Waals surface area contributed by atoms with Crippen LogP contribution in [-0.4, -0.2) is 22.7 Å². The number of thioether (sulfide) groups is 1. The van der Waals surface area contributed by atoms with Gasteiger partial charge in [0.25, 0.3) is 0 Å². The molecule has 0 aliphatic rings. The minimum absolute atomic E-state index is 0.0200. The van der Waals surface area contributed by atoms with Crippen LogP contribution in [0, 0.1) is 0 Å². The molecule has 132 valence electrons. The molecule has 0 saturated heterocycles. The number of benzene rings is 2. The quantitative estimate of drug-likeness (QED) is 0.620. The standard InChI is InChI=1S/C20H23NO3S/c22-19(11-5-8-16-6-2-1-3-7-16)21-18-10-4-9-17(14-18)15-25-13-12-20(23)24/h1-4,6-7,9-10,14H,5,8,11-13,15H2,(H,21,22)(H,23,24). The Morgan fingerprint density at radius 2 is 1.72 bits per heavy atom. The first-order valence-electron chi connectivity index (χ1n) is 8.36. The van der Waals surface area contributed by atoms with Crippen molar-refractivity contribution in [3.63, 3.8) is 0 Å². The fraction of sp³-hybridized carbons (Fsp3) is 0.300. The van der Waals surface area contributed by atoms with Gasteiger partial charge in [0.1, 0.15) is 0 Å². The summed E-state index contributed by atoms with van der Waals surface area (Å²) in [6.45, 7) is 0.